The van der Waals surface area contributed by atoms with Gasteiger partial charge < -0.3 is 20.4 Å². The molecule has 2 unspecified atom stereocenters. The Bertz CT molecular complexity index is 1110. The van der Waals surface area contributed by atoms with Gasteiger partial charge in [0.1, 0.15) is 0 Å². The molecule has 2 heterocycles. The summed E-state index contributed by atoms with van der Waals surface area (Å²) in [6, 6.07) is 18.0. The zero-order valence-corrected chi connectivity index (χ0v) is 26.1. The van der Waals surface area contributed by atoms with Crippen LogP contribution < -0.4 is 10.6 Å². The van der Waals surface area contributed by atoms with Gasteiger partial charge in [0.15, 0.2) is 0 Å². The molecule has 0 bridgehead atoms. The Balaban J connectivity index is 0.000000220. The van der Waals surface area contributed by atoms with Crippen LogP contribution in [0.15, 0.2) is 48.5 Å². The first kappa shape index (κ1) is 31.8. The molecule has 2 aromatic carbocycles. The van der Waals surface area contributed by atoms with Crippen molar-refractivity contribution in [3.63, 3.8) is 0 Å². The zero-order chi connectivity index (χ0) is 29.5. The van der Waals surface area contributed by atoms with Crippen LogP contribution in [0.5, 0.6) is 0 Å². The van der Waals surface area contributed by atoms with Crippen LogP contribution in [0.2, 0.25) is 0 Å². The van der Waals surface area contributed by atoms with E-state index in [1.54, 1.807) is 0 Å². The molecular weight excluding hydrogens is 496 g/mol. The largest absolute Gasteiger partial charge is 0.339 e. The molecule has 0 aromatic heterocycles. The summed E-state index contributed by atoms with van der Waals surface area (Å²) in [5.41, 5.74) is 4.68. The van der Waals surface area contributed by atoms with E-state index in [-0.39, 0.29) is 22.6 Å². The SMILES string of the molecule is Cc1ccc(CC2CN(C(=O)C(C)(C)C)CCN2)cc1.Cc1cccc(CC2CN(C(=O)C(C)(C)C)CCN2)c1. The minimum absolute atomic E-state index is 0.257. The quantitative estimate of drug-likeness (QED) is 0.578. The molecule has 2 aliphatic rings. The number of hydrogen-bond donors (Lipinski definition) is 2. The maximum absolute atomic E-state index is 12.4. The van der Waals surface area contributed by atoms with Crippen molar-refractivity contribution in [2.45, 2.75) is 80.3 Å². The number of amides is 2. The van der Waals surface area contributed by atoms with Crippen LogP contribution in [0, 0.1) is 24.7 Å². The van der Waals surface area contributed by atoms with Gasteiger partial charge in [-0.25, -0.2) is 0 Å². The molecule has 2 amide bonds. The van der Waals surface area contributed by atoms with E-state index in [4.69, 9.17) is 0 Å². The molecule has 40 heavy (non-hydrogen) atoms. The van der Waals surface area contributed by atoms with Gasteiger partial charge >= 0.3 is 0 Å². The maximum atomic E-state index is 12.4. The summed E-state index contributed by atoms with van der Waals surface area (Å²) in [5.74, 6) is 0.515. The van der Waals surface area contributed by atoms with Crippen molar-refractivity contribution in [1.29, 1.82) is 0 Å². The fourth-order valence-corrected chi connectivity index (χ4v) is 5.37. The van der Waals surface area contributed by atoms with Gasteiger partial charge in [-0.15, -0.1) is 0 Å². The van der Waals surface area contributed by atoms with Crippen molar-refractivity contribution in [1.82, 2.24) is 20.4 Å². The number of piperazine rings is 2. The van der Waals surface area contributed by atoms with E-state index in [0.717, 1.165) is 52.1 Å². The molecule has 2 saturated heterocycles. The summed E-state index contributed by atoms with van der Waals surface area (Å²) < 4.78 is 0. The van der Waals surface area contributed by atoms with Gasteiger partial charge in [0.05, 0.1) is 0 Å². The third-order valence-electron chi connectivity index (χ3n) is 7.54. The van der Waals surface area contributed by atoms with Crippen LogP contribution in [0.1, 0.15) is 63.8 Å². The third-order valence-corrected chi connectivity index (χ3v) is 7.54. The molecule has 0 radical (unpaired) electrons. The lowest BCUT2D eigenvalue weighted by molar-refractivity contribution is -0.141. The Hall–Kier alpha value is -2.70. The molecule has 2 atom stereocenters. The minimum Gasteiger partial charge on any atom is -0.339 e. The van der Waals surface area contributed by atoms with Crippen molar-refractivity contribution in [2.24, 2.45) is 10.8 Å². The Morgan fingerprint density at radius 2 is 1.18 bits per heavy atom. The molecule has 2 aliphatic heterocycles. The lowest BCUT2D eigenvalue weighted by Gasteiger charge is -2.37. The Morgan fingerprint density at radius 1 is 0.700 bits per heavy atom. The van der Waals surface area contributed by atoms with Crippen molar-refractivity contribution in [3.8, 4) is 0 Å². The van der Waals surface area contributed by atoms with Gasteiger partial charge in [0, 0.05) is 62.2 Å². The Labute approximate surface area is 242 Å². The van der Waals surface area contributed by atoms with Gasteiger partial charge in [0.2, 0.25) is 11.8 Å². The smallest absolute Gasteiger partial charge is 0.228 e. The molecule has 220 valence electrons. The number of benzene rings is 2. The second-order valence-electron chi connectivity index (χ2n) is 13.7. The third kappa shape index (κ3) is 9.74. The van der Waals surface area contributed by atoms with Crippen LogP contribution in [0.4, 0.5) is 0 Å². The lowest BCUT2D eigenvalue weighted by atomic mass is 9.93. The summed E-state index contributed by atoms with van der Waals surface area (Å²) in [4.78, 5) is 28.8. The highest BCUT2D eigenvalue weighted by atomic mass is 16.2. The van der Waals surface area contributed by atoms with Gasteiger partial charge in [-0.3, -0.25) is 9.59 Å². The van der Waals surface area contributed by atoms with Crippen LogP contribution in [0.3, 0.4) is 0 Å². The van der Waals surface area contributed by atoms with Gasteiger partial charge in [0.25, 0.3) is 0 Å². The monoisotopic (exact) mass is 548 g/mol. The van der Waals surface area contributed by atoms with Crippen molar-refractivity contribution in [2.75, 3.05) is 39.3 Å². The van der Waals surface area contributed by atoms with Gasteiger partial charge in [-0.1, -0.05) is 101 Å². The second kappa shape index (κ2) is 13.8. The normalized spacial score (nSPS) is 20.0. The summed E-state index contributed by atoms with van der Waals surface area (Å²) in [6.45, 7) is 21.2. The van der Waals surface area contributed by atoms with Crippen LogP contribution in [-0.4, -0.2) is 73.0 Å². The molecule has 2 N–H and O–H groups in total. The lowest BCUT2D eigenvalue weighted by Crippen LogP contribution is -2.55. The first-order valence-corrected chi connectivity index (χ1v) is 14.9. The molecule has 6 heteroatoms. The Morgan fingerprint density at radius 3 is 1.62 bits per heavy atom. The molecule has 0 spiro atoms. The van der Waals surface area contributed by atoms with E-state index < -0.39 is 0 Å². The van der Waals surface area contributed by atoms with E-state index >= 15 is 0 Å². The summed E-state index contributed by atoms with van der Waals surface area (Å²) in [6.07, 6.45) is 1.96. The van der Waals surface area contributed by atoms with E-state index in [2.05, 4.69) is 73.0 Å². The summed E-state index contributed by atoms with van der Waals surface area (Å²) >= 11 is 0. The number of aryl methyl sites for hydroxylation is 2. The average Bonchev–Trinajstić information content (AvgIpc) is 2.89. The highest BCUT2D eigenvalue weighted by Crippen LogP contribution is 2.20. The van der Waals surface area contributed by atoms with E-state index in [1.165, 1.54) is 22.3 Å². The standard InChI is InChI=1S/2C17H26N2O/c1-13-5-7-14(8-6-13)11-15-12-19(10-9-18-15)16(20)17(2,3)4;1-13-6-5-7-14(10-13)11-15-12-19(9-8-18-15)16(20)17(2,3)4/h5-8,15,18H,9-12H2,1-4H3;5-7,10,15,18H,8-9,11-12H2,1-4H3. The van der Waals surface area contributed by atoms with Crippen molar-refractivity contribution < 1.29 is 9.59 Å². The van der Waals surface area contributed by atoms with E-state index in [9.17, 15) is 9.59 Å². The summed E-state index contributed by atoms with van der Waals surface area (Å²) in [7, 11) is 0. The number of rotatable bonds is 4. The predicted molar refractivity (Wildman–Crippen MR) is 165 cm³/mol. The highest BCUT2D eigenvalue weighted by Gasteiger charge is 2.32. The van der Waals surface area contributed by atoms with Crippen molar-refractivity contribution >= 4 is 11.8 Å². The predicted octanol–water partition coefficient (Wildman–Crippen LogP) is 4.77. The van der Waals surface area contributed by atoms with Gasteiger partial charge in [-0.2, -0.15) is 0 Å². The molecule has 0 aliphatic carbocycles. The fraction of sp³-hybridized carbons (Fsp3) is 0.588. The van der Waals surface area contributed by atoms with Crippen molar-refractivity contribution in [3.05, 3.63) is 70.8 Å². The van der Waals surface area contributed by atoms with E-state index in [0.29, 0.717) is 12.1 Å². The molecule has 6 nitrogen and oxygen atoms in total. The van der Waals surface area contributed by atoms with Crippen LogP contribution in [0.25, 0.3) is 0 Å². The zero-order valence-electron chi connectivity index (χ0n) is 26.1. The average molecular weight is 549 g/mol. The van der Waals surface area contributed by atoms with Gasteiger partial charge in [-0.05, 0) is 37.8 Å². The maximum Gasteiger partial charge on any atom is 0.228 e. The molecule has 0 saturated carbocycles. The second-order valence-corrected chi connectivity index (χ2v) is 13.7. The number of carbonyl (C=O) groups excluding carboxylic acids is 2. The molecular formula is C34H52N4O2. The van der Waals surface area contributed by atoms with E-state index in [1.807, 2.05) is 51.3 Å². The first-order valence-electron chi connectivity index (χ1n) is 14.9. The number of nitrogens with one attached hydrogen (secondary N) is 2. The topological polar surface area (TPSA) is 64.7 Å². The number of hydrogen-bond acceptors (Lipinski definition) is 4. The molecule has 4 rings (SSSR count). The molecule has 2 aromatic rings. The Kier molecular flexibility index (Phi) is 11.0. The molecule has 2 fully saturated rings. The first-order chi connectivity index (χ1) is 18.7. The van der Waals surface area contributed by atoms with Crippen LogP contribution in [-0.2, 0) is 22.4 Å². The number of carbonyl (C=O) groups is 2. The van der Waals surface area contributed by atoms with Crippen LogP contribution >= 0.6 is 0 Å². The highest BCUT2D eigenvalue weighted by molar-refractivity contribution is 5.82. The minimum atomic E-state index is -0.286. The fourth-order valence-electron chi connectivity index (χ4n) is 5.37. The number of nitrogens with zero attached hydrogens (tertiary/aromatic N) is 2. The summed E-state index contributed by atoms with van der Waals surface area (Å²) in [5, 5.41) is 7.05.